The quantitative estimate of drug-likeness (QED) is 0.492. The van der Waals surface area contributed by atoms with Crippen molar-refractivity contribution in [1.82, 2.24) is 0 Å². The maximum absolute atomic E-state index is 12.9. The smallest absolute Gasteiger partial charge is 0.239 e. The molecule has 1 N–H and O–H groups in total. The van der Waals surface area contributed by atoms with Crippen molar-refractivity contribution in [2.45, 2.75) is 12.0 Å². The summed E-state index contributed by atoms with van der Waals surface area (Å²) < 4.78 is 1.93. The zero-order valence-corrected chi connectivity index (χ0v) is 15.6. The minimum atomic E-state index is -1.30. The lowest BCUT2D eigenvalue weighted by molar-refractivity contribution is -0.460. The molecule has 0 saturated heterocycles. The van der Waals surface area contributed by atoms with E-state index in [2.05, 4.69) is 0 Å². The standard InChI is InChI=1S/C17H19N2O3S2/c1-18(2)11-7-5-9(23-11)13-15(20)14(17(22)16(13)21)10-6-8-12(24-10)19(3)4/h5-8,13,16,21H,1-4H3/q+1. The van der Waals surface area contributed by atoms with Gasteiger partial charge in [0.05, 0.1) is 16.5 Å². The normalized spacial score (nSPS) is 26.6. The third-order valence-electron chi connectivity index (χ3n) is 4.00. The molecule has 3 rings (SSSR count). The number of Topliss-reactive ketones (excluding diaryl/α,β-unsaturated/α-hetero) is 2. The van der Waals surface area contributed by atoms with E-state index in [9.17, 15) is 14.7 Å². The molecule has 1 aromatic heterocycles. The first kappa shape index (κ1) is 17.1. The van der Waals surface area contributed by atoms with Crippen molar-refractivity contribution >= 4 is 44.7 Å². The summed E-state index contributed by atoms with van der Waals surface area (Å²) in [7, 11) is 7.65. The maximum Gasteiger partial charge on any atom is 0.239 e. The summed E-state index contributed by atoms with van der Waals surface area (Å²) in [6.45, 7) is 0. The monoisotopic (exact) mass is 363 g/mol. The zero-order chi connectivity index (χ0) is 17.6. The van der Waals surface area contributed by atoms with Gasteiger partial charge in [0.2, 0.25) is 5.04 Å². The minimum absolute atomic E-state index is 0.130. The van der Waals surface area contributed by atoms with E-state index >= 15 is 0 Å². The van der Waals surface area contributed by atoms with Crippen LogP contribution in [0.25, 0.3) is 0 Å². The Morgan fingerprint density at radius 1 is 1.12 bits per heavy atom. The third kappa shape index (κ3) is 2.76. The number of hydrogen-bond donors (Lipinski definition) is 1. The molecule has 0 amide bonds. The highest BCUT2D eigenvalue weighted by Gasteiger charge is 2.48. The van der Waals surface area contributed by atoms with Crippen LogP contribution in [0, 0.1) is 0 Å². The molecular formula is C17H19N2O3S2+. The molecule has 5 nitrogen and oxygen atoms in total. The van der Waals surface area contributed by atoms with Gasteiger partial charge in [-0.3, -0.25) is 9.59 Å². The second-order valence-electron chi connectivity index (χ2n) is 6.13. The molecule has 0 aromatic carbocycles. The number of rotatable bonds is 2. The van der Waals surface area contributed by atoms with Crippen LogP contribution < -0.4 is 4.90 Å². The Balaban J connectivity index is 1.99. The van der Waals surface area contributed by atoms with Gasteiger partial charge in [0, 0.05) is 30.0 Å². The Morgan fingerprint density at radius 3 is 2.38 bits per heavy atom. The number of aliphatic hydroxyl groups excluding tert-OH is 1. The summed E-state index contributed by atoms with van der Waals surface area (Å²) in [5, 5.41) is 12.3. The molecular weight excluding hydrogens is 344 g/mol. The van der Waals surface area contributed by atoms with Crippen LogP contribution in [0.4, 0.5) is 5.00 Å². The van der Waals surface area contributed by atoms with Crippen LogP contribution in [0.5, 0.6) is 0 Å². The Hall–Kier alpha value is -1.70. The fourth-order valence-electron chi connectivity index (χ4n) is 2.70. The first-order valence-corrected chi connectivity index (χ1v) is 9.12. The largest absolute Gasteiger partial charge is 0.384 e. The van der Waals surface area contributed by atoms with Crippen LogP contribution in [0.2, 0.25) is 0 Å². The Morgan fingerprint density at radius 2 is 1.83 bits per heavy atom. The Kier molecular flexibility index (Phi) is 4.50. The van der Waals surface area contributed by atoms with Gasteiger partial charge in [0.1, 0.15) is 20.2 Å². The summed E-state index contributed by atoms with van der Waals surface area (Å²) in [6.07, 6.45) is 2.36. The van der Waals surface area contributed by atoms with E-state index in [-0.39, 0.29) is 11.4 Å². The number of allylic oxidation sites excluding steroid dienone is 1. The number of aliphatic hydroxyl groups is 1. The van der Waals surface area contributed by atoms with Crippen LogP contribution in [0.1, 0.15) is 10.8 Å². The summed E-state index contributed by atoms with van der Waals surface area (Å²) in [6, 6.07) is 3.72. The number of ketones is 2. The maximum atomic E-state index is 12.9. The lowest BCUT2D eigenvalue weighted by atomic mass is 10.0. The van der Waals surface area contributed by atoms with Crippen LogP contribution in [0.15, 0.2) is 34.8 Å². The average Bonchev–Trinajstić information content (AvgIpc) is 3.20. The highest BCUT2D eigenvalue weighted by Crippen LogP contribution is 2.42. The topological polar surface area (TPSA) is 60.6 Å². The molecule has 2 aliphatic rings. The Bertz CT molecular complexity index is 814. The Labute approximate surface area is 149 Å². The second kappa shape index (κ2) is 6.31. The molecule has 126 valence electrons. The van der Waals surface area contributed by atoms with Gasteiger partial charge in [-0.15, -0.1) is 11.3 Å². The molecule has 1 aromatic rings. The number of nitrogens with zero attached hydrogens (tertiary/aromatic N) is 2. The molecule has 1 aliphatic heterocycles. The summed E-state index contributed by atoms with van der Waals surface area (Å²) >= 11 is 2.82. The number of thioether (sulfide) groups is 1. The van der Waals surface area contributed by atoms with Gasteiger partial charge in [-0.25, -0.2) is 4.58 Å². The van der Waals surface area contributed by atoms with E-state index in [0.717, 1.165) is 14.9 Å². The lowest BCUT2D eigenvalue weighted by Crippen LogP contribution is -2.20. The van der Waals surface area contributed by atoms with Gasteiger partial charge >= 0.3 is 0 Å². The van der Waals surface area contributed by atoms with Crippen molar-refractivity contribution in [1.29, 1.82) is 0 Å². The molecule has 2 atom stereocenters. The highest BCUT2D eigenvalue weighted by molar-refractivity contribution is 8.18. The molecule has 2 unspecified atom stereocenters. The van der Waals surface area contributed by atoms with Crippen LogP contribution in [-0.2, 0) is 9.59 Å². The van der Waals surface area contributed by atoms with Crippen LogP contribution in [-0.4, -0.2) is 60.6 Å². The van der Waals surface area contributed by atoms with E-state index in [1.54, 1.807) is 6.08 Å². The molecule has 2 heterocycles. The molecule has 1 fully saturated rings. The van der Waals surface area contributed by atoms with Gasteiger partial charge in [-0.2, -0.15) is 0 Å². The lowest BCUT2D eigenvalue weighted by Gasteiger charge is -2.10. The van der Waals surface area contributed by atoms with Gasteiger partial charge in [0.25, 0.3) is 0 Å². The molecule has 0 radical (unpaired) electrons. The van der Waals surface area contributed by atoms with Crippen molar-refractivity contribution in [3.8, 4) is 0 Å². The summed E-state index contributed by atoms with van der Waals surface area (Å²) in [5.74, 6) is -1.56. The van der Waals surface area contributed by atoms with E-state index in [1.807, 2.05) is 55.9 Å². The molecule has 1 saturated carbocycles. The van der Waals surface area contributed by atoms with E-state index in [4.69, 9.17) is 0 Å². The second-order valence-corrected chi connectivity index (χ2v) is 8.28. The molecule has 24 heavy (non-hydrogen) atoms. The fourth-order valence-corrected chi connectivity index (χ4v) is 4.74. The molecule has 0 spiro atoms. The molecule has 0 bridgehead atoms. The predicted molar refractivity (Wildman–Crippen MR) is 98.3 cm³/mol. The zero-order valence-electron chi connectivity index (χ0n) is 13.9. The highest BCUT2D eigenvalue weighted by atomic mass is 32.2. The van der Waals surface area contributed by atoms with Crippen LogP contribution >= 0.6 is 23.1 Å². The number of carbonyl (C=O) groups is 2. The van der Waals surface area contributed by atoms with Gasteiger partial charge in [0.15, 0.2) is 11.6 Å². The number of anilines is 1. The van der Waals surface area contributed by atoms with Crippen molar-refractivity contribution in [3.63, 3.8) is 0 Å². The molecule has 7 heteroatoms. The molecule has 1 aliphatic carbocycles. The van der Waals surface area contributed by atoms with Crippen molar-refractivity contribution < 1.29 is 19.3 Å². The van der Waals surface area contributed by atoms with Gasteiger partial charge < -0.3 is 10.0 Å². The fraction of sp³-hybridized carbons (Fsp3) is 0.353. The first-order chi connectivity index (χ1) is 11.3. The van der Waals surface area contributed by atoms with Gasteiger partial charge in [-0.05, 0) is 30.0 Å². The van der Waals surface area contributed by atoms with Crippen molar-refractivity contribution in [2.24, 2.45) is 0 Å². The van der Waals surface area contributed by atoms with E-state index < -0.39 is 17.8 Å². The van der Waals surface area contributed by atoms with E-state index in [0.29, 0.717) is 4.91 Å². The number of carbonyl (C=O) groups excluding carboxylic acids is 2. The predicted octanol–water partition coefficient (Wildman–Crippen LogP) is 1.64. The number of thiophene rings is 1. The summed E-state index contributed by atoms with van der Waals surface area (Å²) in [4.78, 5) is 28.6. The third-order valence-corrected chi connectivity index (χ3v) is 6.61. The number of hydrogen-bond acceptors (Lipinski definition) is 6. The summed E-state index contributed by atoms with van der Waals surface area (Å²) in [5.41, 5.74) is 0.130. The van der Waals surface area contributed by atoms with Crippen molar-refractivity contribution in [2.75, 3.05) is 33.1 Å². The first-order valence-electron chi connectivity index (χ1n) is 7.49. The minimum Gasteiger partial charge on any atom is -0.384 e. The van der Waals surface area contributed by atoms with Crippen LogP contribution in [0.3, 0.4) is 0 Å². The average molecular weight is 363 g/mol. The van der Waals surface area contributed by atoms with Gasteiger partial charge in [-0.1, -0.05) is 0 Å². The van der Waals surface area contributed by atoms with Crippen molar-refractivity contribution in [3.05, 3.63) is 39.6 Å². The van der Waals surface area contributed by atoms with E-state index in [1.165, 1.54) is 23.1 Å². The SMILES string of the molecule is CN(C)c1ccc(C2C(=O)C(=C3C=CC(=[N+](C)C)S3)C(=O)C2O)s1.